The smallest absolute Gasteiger partial charge is 0.0543 e. The highest BCUT2D eigenvalue weighted by Crippen LogP contribution is 2.53. The van der Waals surface area contributed by atoms with E-state index in [-0.39, 0.29) is 22.9 Å². The molecule has 2 heterocycles. The Bertz CT molecular complexity index is 4570. The van der Waals surface area contributed by atoms with Crippen LogP contribution >= 0.6 is 0 Å². The molecule has 414 valence electrons. The minimum Gasteiger partial charge on any atom is -0.335 e. The first-order valence-corrected chi connectivity index (χ1v) is 30.2. The normalized spacial score (nSPS) is 12.5. The zero-order chi connectivity index (χ0) is 58.1. The number of hydrogen-bond donors (Lipinski definition) is 0. The van der Waals surface area contributed by atoms with E-state index in [1.54, 1.807) is 0 Å². The van der Waals surface area contributed by atoms with Crippen molar-refractivity contribution in [1.82, 2.24) is 9.13 Å². The molecule has 4 heteroatoms. The molecule has 12 aromatic carbocycles. The Kier molecular flexibility index (Phi) is 12.5. The van der Waals surface area contributed by atoms with Gasteiger partial charge in [-0.1, -0.05) is 173 Å². The van der Waals surface area contributed by atoms with Gasteiger partial charge in [-0.15, -0.1) is 0 Å². The average Bonchev–Trinajstić information content (AvgIpc) is 0.885. The van der Waals surface area contributed by atoms with Crippen LogP contribution < -0.4 is 9.80 Å². The Balaban J connectivity index is 1.10. The summed E-state index contributed by atoms with van der Waals surface area (Å²) in [5.41, 5.74) is 21.5. The van der Waals surface area contributed by atoms with E-state index < -0.39 is 0 Å². The second-order valence-electron chi connectivity index (χ2n) is 26.2. The molecular weight excluding hydrogens is 1020 g/mol. The summed E-state index contributed by atoms with van der Waals surface area (Å²) in [5, 5.41) is 12.7. The van der Waals surface area contributed by atoms with Crippen LogP contribution in [-0.2, 0) is 11.1 Å². The number of rotatable bonds is 10. The molecule has 0 N–H and O–H groups in total. The Morgan fingerprint density at radius 1 is 0.298 bits per heavy atom. The molecule has 14 rings (SSSR count). The summed E-state index contributed by atoms with van der Waals surface area (Å²) in [6.07, 6.45) is 0. The van der Waals surface area contributed by atoms with Crippen molar-refractivity contribution in [2.75, 3.05) is 9.80 Å². The standard InChI is InChI=1S/C80H74N4/c1-49(2)65-47-75(81(73-43-55(33-31-51(73)5)53-23-15-13-16-24-53)57-35-41-71-67(45-57)59-27-19-21-29-69(59)83(71)79(7,8)9)63-40-38-62-66(50(3)4)48-76(64-39-37-61(65)77(63)78(62)64)82(74-44-56(34-32-52(74)6)54-25-17-14-18-26-54)58-36-42-72-68(46-58)60-28-20-22-30-70(60)84(72)80(10,11)12/h13-50H,1-12H3. The molecule has 14 aromatic rings. The first-order valence-electron chi connectivity index (χ1n) is 30.2. The van der Waals surface area contributed by atoms with Gasteiger partial charge in [0.05, 0.1) is 11.4 Å². The van der Waals surface area contributed by atoms with E-state index in [1.807, 2.05) is 0 Å². The number of benzene rings is 12. The van der Waals surface area contributed by atoms with E-state index in [9.17, 15) is 0 Å². The number of fused-ring (bicyclic) bond motifs is 6. The van der Waals surface area contributed by atoms with Crippen LogP contribution in [0.4, 0.5) is 34.1 Å². The van der Waals surface area contributed by atoms with Crippen molar-refractivity contribution >= 4 is 110 Å². The van der Waals surface area contributed by atoms with Gasteiger partial charge in [-0.2, -0.15) is 0 Å². The molecule has 0 saturated heterocycles. The van der Waals surface area contributed by atoms with Crippen molar-refractivity contribution in [3.63, 3.8) is 0 Å². The maximum atomic E-state index is 2.60. The Morgan fingerprint density at radius 3 is 1.04 bits per heavy atom. The molecule has 0 amide bonds. The predicted molar refractivity (Wildman–Crippen MR) is 364 cm³/mol. The molecule has 0 bridgehead atoms. The topological polar surface area (TPSA) is 16.3 Å². The maximum Gasteiger partial charge on any atom is 0.0543 e. The van der Waals surface area contributed by atoms with E-state index in [0.717, 1.165) is 22.7 Å². The lowest BCUT2D eigenvalue weighted by atomic mass is 9.84. The van der Waals surface area contributed by atoms with Crippen LogP contribution in [0, 0.1) is 13.8 Å². The van der Waals surface area contributed by atoms with Crippen LogP contribution in [0.3, 0.4) is 0 Å². The molecule has 4 nitrogen and oxygen atoms in total. The van der Waals surface area contributed by atoms with Gasteiger partial charge in [0.1, 0.15) is 0 Å². The average molecular weight is 1090 g/mol. The van der Waals surface area contributed by atoms with E-state index in [2.05, 4.69) is 320 Å². The minimum atomic E-state index is -0.131. The quantitative estimate of drug-likeness (QED) is 0.127. The number of anilines is 6. The molecule has 0 atom stereocenters. The first-order chi connectivity index (χ1) is 40.4. The van der Waals surface area contributed by atoms with Gasteiger partial charge in [0.2, 0.25) is 0 Å². The number of nitrogens with zero attached hydrogens (tertiary/aromatic N) is 4. The maximum absolute atomic E-state index is 2.60. The van der Waals surface area contributed by atoms with Crippen molar-refractivity contribution in [2.45, 2.75) is 106 Å². The SMILES string of the molecule is Cc1ccc(-c2ccccc2)cc1N(c1ccc2c(c1)c1ccccc1n2C(C)(C)C)c1cc(C(C)C)c2ccc3c(N(c4ccc5c(c4)c4ccccc4n5C(C)(C)C)c4cc(-c5ccccc5)ccc4C)cc(C(C)C)c4ccc1c2c43. The highest BCUT2D eigenvalue weighted by molar-refractivity contribution is 6.30. The van der Waals surface area contributed by atoms with Crippen LogP contribution in [0.2, 0.25) is 0 Å². The Labute approximate surface area is 495 Å². The summed E-state index contributed by atoms with van der Waals surface area (Å²) in [6.45, 7) is 28.0. The van der Waals surface area contributed by atoms with Crippen LogP contribution in [0.15, 0.2) is 218 Å². The Morgan fingerprint density at radius 2 is 0.655 bits per heavy atom. The largest absolute Gasteiger partial charge is 0.335 e. The number of para-hydroxylation sites is 2. The highest BCUT2D eigenvalue weighted by atomic mass is 15.2. The zero-order valence-corrected chi connectivity index (χ0v) is 50.7. The highest BCUT2D eigenvalue weighted by Gasteiger charge is 2.30. The van der Waals surface area contributed by atoms with Crippen LogP contribution in [0.25, 0.3) is 98.2 Å². The molecule has 0 saturated carbocycles. The van der Waals surface area contributed by atoms with Gasteiger partial charge >= 0.3 is 0 Å². The van der Waals surface area contributed by atoms with E-state index in [4.69, 9.17) is 0 Å². The van der Waals surface area contributed by atoms with Crippen LogP contribution in [0.5, 0.6) is 0 Å². The molecule has 0 spiro atoms. The van der Waals surface area contributed by atoms with Crippen molar-refractivity contribution in [3.8, 4) is 22.3 Å². The molecule has 2 aromatic heterocycles. The summed E-state index contributed by atoms with van der Waals surface area (Å²) in [5.74, 6) is 0.454. The van der Waals surface area contributed by atoms with Gasteiger partial charge < -0.3 is 18.9 Å². The molecule has 0 aliphatic rings. The third-order valence-electron chi connectivity index (χ3n) is 17.9. The van der Waals surface area contributed by atoms with E-state index in [1.165, 1.54) is 132 Å². The third-order valence-corrected chi connectivity index (χ3v) is 17.9. The molecule has 0 fully saturated rings. The fourth-order valence-corrected chi connectivity index (χ4v) is 14.1. The summed E-state index contributed by atoms with van der Waals surface area (Å²) < 4.78 is 5.05. The first kappa shape index (κ1) is 52.9. The van der Waals surface area contributed by atoms with Crippen molar-refractivity contribution < 1.29 is 0 Å². The molecular formula is C80H74N4. The summed E-state index contributed by atoms with van der Waals surface area (Å²) in [6, 6.07) is 83.0. The van der Waals surface area contributed by atoms with Crippen LogP contribution in [-0.4, -0.2) is 9.13 Å². The minimum absolute atomic E-state index is 0.131. The monoisotopic (exact) mass is 1090 g/mol. The lowest BCUT2D eigenvalue weighted by Gasteiger charge is -2.33. The molecule has 0 aliphatic heterocycles. The van der Waals surface area contributed by atoms with Gasteiger partial charge in [0.25, 0.3) is 0 Å². The van der Waals surface area contributed by atoms with Gasteiger partial charge in [-0.25, -0.2) is 0 Å². The van der Waals surface area contributed by atoms with Crippen molar-refractivity contribution in [3.05, 3.63) is 241 Å². The summed E-state index contributed by atoms with van der Waals surface area (Å²) >= 11 is 0. The van der Waals surface area contributed by atoms with Crippen molar-refractivity contribution in [1.29, 1.82) is 0 Å². The molecule has 84 heavy (non-hydrogen) atoms. The second-order valence-corrected chi connectivity index (χ2v) is 26.2. The number of hydrogen-bond acceptors (Lipinski definition) is 2. The lowest BCUT2D eigenvalue weighted by molar-refractivity contribution is 0.423. The lowest BCUT2D eigenvalue weighted by Crippen LogP contribution is -2.21. The molecule has 0 aliphatic carbocycles. The van der Waals surface area contributed by atoms with Crippen molar-refractivity contribution in [2.24, 2.45) is 0 Å². The fourth-order valence-electron chi connectivity index (χ4n) is 14.1. The fraction of sp³-hybridized carbons (Fsp3) is 0.200. The molecule has 0 radical (unpaired) electrons. The number of aryl methyl sites for hydroxylation is 2. The van der Waals surface area contributed by atoms with E-state index >= 15 is 0 Å². The van der Waals surface area contributed by atoms with Gasteiger partial charge in [0, 0.05) is 88.2 Å². The third kappa shape index (κ3) is 8.47. The Hall–Kier alpha value is -9.12. The van der Waals surface area contributed by atoms with Gasteiger partial charge in [0.15, 0.2) is 0 Å². The predicted octanol–water partition coefficient (Wildman–Crippen LogP) is 23.4. The summed E-state index contributed by atoms with van der Waals surface area (Å²) in [4.78, 5) is 5.20. The van der Waals surface area contributed by atoms with Crippen LogP contribution in [0.1, 0.15) is 103 Å². The molecule has 0 unspecified atom stereocenters. The zero-order valence-electron chi connectivity index (χ0n) is 50.7. The van der Waals surface area contributed by atoms with Gasteiger partial charge in [-0.3, -0.25) is 0 Å². The summed E-state index contributed by atoms with van der Waals surface area (Å²) in [7, 11) is 0. The second kappa shape index (κ2) is 19.8. The van der Waals surface area contributed by atoms with E-state index in [0.29, 0.717) is 0 Å². The van der Waals surface area contributed by atoms with Gasteiger partial charge in [-0.05, 0) is 206 Å². The number of aromatic nitrogens is 2.